The van der Waals surface area contributed by atoms with Crippen molar-refractivity contribution in [2.24, 2.45) is 0 Å². The number of halogens is 4. The summed E-state index contributed by atoms with van der Waals surface area (Å²) >= 11 is 0. The van der Waals surface area contributed by atoms with Gasteiger partial charge in [-0.2, -0.15) is 13.2 Å². The van der Waals surface area contributed by atoms with Gasteiger partial charge in [0.25, 0.3) is 0 Å². The molecule has 0 saturated heterocycles. The second-order valence-electron chi connectivity index (χ2n) is 4.40. The number of nitrogens with one attached hydrogen (secondary N) is 1. The summed E-state index contributed by atoms with van der Waals surface area (Å²) in [4.78, 5) is 0. The van der Waals surface area contributed by atoms with E-state index in [0.29, 0.717) is 5.76 Å². The van der Waals surface area contributed by atoms with Crippen molar-refractivity contribution in [1.82, 2.24) is 5.32 Å². The van der Waals surface area contributed by atoms with E-state index in [-0.39, 0.29) is 17.4 Å². The van der Waals surface area contributed by atoms with Crippen LogP contribution in [0.4, 0.5) is 17.6 Å². The fourth-order valence-electron chi connectivity index (χ4n) is 1.78. The third-order valence-corrected chi connectivity index (χ3v) is 3.04. The highest BCUT2D eigenvalue weighted by Gasteiger charge is 2.34. The molecule has 2 nitrogen and oxygen atoms in total. The zero-order chi connectivity index (χ0) is 14.9. The van der Waals surface area contributed by atoms with Crippen LogP contribution >= 0.6 is 0 Å². The molecule has 20 heavy (non-hydrogen) atoms. The highest BCUT2D eigenvalue weighted by Crippen LogP contribution is 2.35. The van der Waals surface area contributed by atoms with Gasteiger partial charge in [-0.1, -0.05) is 0 Å². The van der Waals surface area contributed by atoms with Crippen molar-refractivity contribution in [3.63, 3.8) is 0 Å². The van der Waals surface area contributed by atoms with Crippen LogP contribution in [-0.4, -0.2) is 7.05 Å². The molecule has 6 heteroatoms. The average Bonchev–Trinajstić information content (AvgIpc) is 2.86. The quantitative estimate of drug-likeness (QED) is 0.847. The van der Waals surface area contributed by atoms with Crippen molar-refractivity contribution in [2.75, 3.05) is 7.05 Å². The molecule has 2 aromatic rings. The van der Waals surface area contributed by atoms with E-state index in [1.807, 2.05) is 6.92 Å². The Hall–Kier alpha value is -1.82. The lowest BCUT2D eigenvalue weighted by molar-refractivity contribution is -0.139. The van der Waals surface area contributed by atoms with Gasteiger partial charge in [-0.25, -0.2) is 4.39 Å². The van der Waals surface area contributed by atoms with E-state index in [0.717, 1.165) is 12.1 Å². The van der Waals surface area contributed by atoms with E-state index < -0.39 is 17.6 Å². The van der Waals surface area contributed by atoms with Crippen molar-refractivity contribution in [3.05, 3.63) is 47.5 Å². The first-order chi connectivity index (χ1) is 9.32. The summed E-state index contributed by atoms with van der Waals surface area (Å²) in [6, 6.07) is 5.98. The first kappa shape index (κ1) is 14.6. The second-order valence-corrected chi connectivity index (χ2v) is 4.40. The van der Waals surface area contributed by atoms with Gasteiger partial charge in [-0.05, 0) is 44.3 Å². The molecular formula is C14H13F4NO. The van der Waals surface area contributed by atoms with Gasteiger partial charge in [-0.3, -0.25) is 0 Å². The number of hydrogen-bond donors (Lipinski definition) is 1. The van der Waals surface area contributed by atoms with Gasteiger partial charge in [0.1, 0.15) is 17.3 Å². The van der Waals surface area contributed by atoms with Crippen LogP contribution < -0.4 is 5.32 Å². The Labute approximate surface area is 113 Å². The Morgan fingerprint density at radius 3 is 2.45 bits per heavy atom. The molecule has 1 aromatic carbocycles. The summed E-state index contributed by atoms with van der Waals surface area (Å²) in [5, 5.41) is 2.96. The van der Waals surface area contributed by atoms with E-state index in [4.69, 9.17) is 4.42 Å². The van der Waals surface area contributed by atoms with Crippen molar-refractivity contribution in [3.8, 4) is 11.3 Å². The lowest BCUT2D eigenvalue weighted by Gasteiger charge is -2.09. The Morgan fingerprint density at radius 2 is 1.85 bits per heavy atom. The zero-order valence-corrected chi connectivity index (χ0v) is 10.9. The van der Waals surface area contributed by atoms with Gasteiger partial charge in [0, 0.05) is 5.56 Å². The van der Waals surface area contributed by atoms with E-state index in [9.17, 15) is 17.6 Å². The minimum atomic E-state index is -4.73. The molecule has 0 radical (unpaired) electrons. The third kappa shape index (κ3) is 2.85. The molecule has 1 heterocycles. The monoisotopic (exact) mass is 287 g/mol. The van der Waals surface area contributed by atoms with Crippen LogP contribution in [0.15, 0.2) is 34.7 Å². The molecule has 0 bridgehead atoms. The number of hydrogen-bond acceptors (Lipinski definition) is 2. The molecule has 1 atom stereocenters. The van der Waals surface area contributed by atoms with Gasteiger partial charge in [-0.15, -0.1) is 0 Å². The predicted octanol–water partition coefficient (Wildman–Crippen LogP) is 4.38. The van der Waals surface area contributed by atoms with Crippen LogP contribution in [-0.2, 0) is 6.18 Å². The van der Waals surface area contributed by atoms with Crippen LogP contribution in [0, 0.1) is 5.82 Å². The largest absolute Gasteiger partial charge is 0.459 e. The molecule has 0 amide bonds. The Kier molecular flexibility index (Phi) is 3.85. The number of furan rings is 1. The highest BCUT2D eigenvalue weighted by molar-refractivity contribution is 5.59. The van der Waals surface area contributed by atoms with Crippen LogP contribution in [0.25, 0.3) is 11.3 Å². The van der Waals surface area contributed by atoms with Crippen molar-refractivity contribution in [2.45, 2.75) is 19.1 Å². The molecule has 0 aliphatic carbocycles. The summed E-state index contributed by atoms with van der Waals surface area (Å²) < 4.78 is 56.6. The Morgan fingerprint density at radius 1 is 1.15 bits per heavy atom. The molecule has 1 unspecified atom stereocenters. The fraction of sp³-hybridized carbons (Fsp3) is 0.286. The summed E-state index contributed by atoms with van der Waals surface area (Å²) in [7, 11) is 1.74. The van der Waals surface area contributed by atoms with E-state index in [1.165, 1.54) is 6.07 Å². The van der Waals surface area contributed by atoms with E-state index in [2.05, 4.69) is 5.32 Å². The minimum absolute atomic E-state index is 0.0636. The van der Waals surface area contributed by atoms with Crippen LogP contribution in [0.1, 0.15) is 24.3 Å². The molecule has 0 spiro atoms. The molecular weight excluding hydrogens is 274 g/mol. The molecule has 1 aromatic heterocycles. The SMILES string of the molecule is CNC(C)c1ccc(-c2ccc(F)c(C(F)(F)F)c2)o1. The van der Waals surface area contributed by atoms with Crippen LogP contribution in [0.2, 0.25) is 0 Å². The van der Waals surface area contributed by atoms with Crippen molar-refractivity contribution in [1.29, 1.82) is 0 Å². The number of alkyl halides is 3. The van der Waals surface area contributed by atoms with Crippen LogP contribution in [0.3, 0.4) is 0 Å². The molecule has 1 N–H and O–H groups in total. The van der Waals surface area contributed by atoms with Gasteiger partial charge in [0.2, 0.25) is 0 Å². The lowest BCUT2D eigenvalue weighted by atomic mass is 10.1. The molecule has 0 saturated carbocycles. The Bertz CT molecular complexity index is 603. The lowest BCUT2D eigenvalue weighted by Crippen LogP contribution is -2.11. The van der Waals surface area contributed by atoms with Gasteiger partial charge >= 0.3 is 6.18 Å². The standard InChI is InChI=1S/C14H13F4NO/c1-8(19-2)12-5-6-13(20-12)9-3-4-11(15)10(7-9)14(16,17)18/h3-8,19H,1-2H3. The van der Waals surface area contributed by atoms with Gasteiger partial charge < -0.3 is 9.73 Å². The van der Waals surface area contributed by atoms with Crippen molar-refractivity contribution < 1.29 is 22.0 Å². The summed E-state index contributed by atoms with van der Waals surface area (Å²) in [5.41, 5.74) is -1.11. The average molecular weight is 287 g/mol. The molecule has 0 aliphatic rings. The first-order valence-electron chi connectivity index (χ1n) is 5.97. The molecule has 108 valence electrons. The molecule has 0 aliphatic heterocycles. The van der Waals surface area contributed by atoms with E-state index >= 15 is 0 Å². The predicted molar refractivity (Wildman–Crippen MR) is 66.6 cm³/mol. The van der Waals surface area contributed by atoms with Gasteiger partial charge in [0.15, 0.2) is 0 Å². The number of benzene rings is 1. The summed E-state index contributed by atoms with van der Waals surface area (Å²) in [5.74, 6) is -0.426. The maximum Gasteiger partial charge on any atom is 0.419 e. The first-order valence-corrected chi connectivity index (χ1v) is 5.97. The summed E-state index contributed by atoms with van der Waals surface area (Å²) in [6.45, 7) is 1.86. The van der Waals surface area contributed by atoms with Crippen LogP contribution in [0.5, 0.6) is 0 Å². The second kappa shape index (κ2) is 5.28. The topological polar surface area (TPSA) is 25.2 Å². The summed E-state index contributed by atoms with van der Waals surface area (Å²) in [6.07, 6.45) is -4.73. The zero-order valence-electron chi connectivity index (χ0n) is 10.9. The smallest absolute Gasteiger partial charge is 0.419 e. The van der Waals surface area contributed by atoms with Gasteiger partial charge in [0.05, 0.1) is 11.6 Å². The molecule has 0 fully saturated rings. The Balaban J connectivity index is 2.41. The van der Waals surface area contributed by atoms with E-state index in [1.54, 1.807) is 19.2 Å². The van der Waals surface area contributed by atoms with Crippen molar-refractivity contribution >= 4 is 0 Å². The highest BCUT2D eigenvalue weighted by atomic mass is 19.4. The minimum Gasteiger partial charge on any atom is -0.459 e. The number of rotatable bonds is 3. The maximum atomic E-state index is 13.2. The third-order valence-electron chi connectivity index (χ3n) is 3.04. The fourth-order valence-corrected chi connectivity index (χ4v) is 1.78. The normalized spacial score (nSPS) is 13.5. The molecule has 2 rings (SSSR count). The maximum absolute atomic E-state index is 13.2.